The number of nitrogens with one attached hydrogen (secondary N) is 1. The number of carbonyl (C=O) groups excluding carboxylic acids is 1. The fourth-order valence-electron chi connectivity index (χ4n) is 4.12. The predicted molar refractivity (Wildman–Crippen MR) is 134 cm³/mol. The van der Waals surface area contributed by atoms with Crippen molar-refractivity contribution in [2.45, 2.75) is 44.6 Å². The van der Waals surface area contributed by atoms with Crippen molar-refractivity contribution in [1.82, 2.24) is 14.6 Å². The zero-order valence-electron chi connectivity index (χ0n) is 19.1. The minimum absolute atomic E-state index is 0.158. The van der Waals surface area contributed by atoms with Crippen molar-refractivity contribution in [3.05, 3.63) is 65.2 Å². The quantitative estimate of drug-likeness (QED) is 0.532. The van der Waals surface area contributed by atoms with Crippen molar-refractivity contribution in [2.75, 3.05) is 13.1 Å². The standard InChI is InChI=1S/C25H29N3O3S2/c1-17(2)15-23(25(29)28-13-11-20(12-14-28)19-7-5-4-6-8-19)27-33(30,31)21-9-10-22-24(16-21)32-18(3)26-22/h4-11,16-17,23,27H,12-15H2,1-3H3/t23-/m1/s1. The van der Waals surface area contributed by atoms with Crippen LogP contribution in [0, 0.1) is 12.8 Å². The highest BCUT2D eigenvalue weighted by molar-refractivity contribution is 7.89. The Hall–Kier alpha value is -2.55. The van der Waals surface area contributed by atoms with Crippen molar-refractivity contribution in [3.63, 3.8) is 0 Å². The largest absolute Gasteiger partial charge is 0.337 e. The topological polar surface area (TPSA) is 79.4 Å². The normalized spacial score (nSPS) is 15.6. The molecule has 1 N–H and O–H groups in total. The maximum Gasteiger partial charge on any atom is 0.241 e. The van der Waals surface area contributed by atoms with E-state index in [4.69, 9.17) is 0 Å². The summed E-state index contributed by atoms with van der Waals surface area (Å²) >= 11 is 1.45. The highest BCUT2D eigenvalue weighted by atomic mass is 32.2. The van der Waals surface area contributed by atoms with E-state index in [2.05, 4.69) is 27.9 Å². The molecular formula is C25H29N3O3S2. The smallest absolute Gasteiger partial charge is 0.241 e. The Labute approximate surface area is 199 Å². The monoisotopic (exact) mass is 483 g/mol. The molecule has 0 saturated heterocycles. The van der Waals surface area contributed by atoms with Gasteiger partial charge in [0.25, 0.3) is 0 Å². The highest BCUT2D eigenvalue weighted by Gasteiger charge is 2.31. The van der Waals surface area contributed by atoms with Crippen LogP contribution < -0.4 is 4.72 Å². The van der Waals surface area contributed by atoms with Gasteiger partial charge in [0.2, 0.25) is 15.9 Å². The summed E-state index contributed by atoms with van der Waals surface area (Å²) in [4.78, 5) is 19.7. The summed E-state index contributed by atoms with van der Waals surface area (Å²) in [5, 5.41) is 0.883. The Morgan fingerprint density at radius 3 is 2.61 bits per heavy atom. The van der Waals surface area contributed by atoms with E-state index >= 15 is 0 Å². The molecule has 6 nitrogen and oxygen atoms in total. The molecule has 1 amide bonds. The summed E-state index contributed by atoms with van der Waals surface area (Å²) in [6.45, 7) is 6.92. The van der Waals surface area contributed by atoms with E-state index in [0.29, 0.717) is 19.5 Å². The number of hydrogen-bond acceptors (Lipinski definition) is 5. The number of sulfonamides is 1. The van der Waals surface area contributed by atoms with Gasteiger partial charge in [-0.15, -0.1) is 11.3 Å². The fourth-order valence-corrected chi connectivity index (χ4v) is 6.29. The van der Waals surface area contributed by atoms with Gasteiger partial charge in [0.1, 0.15) is 6.04 Å². The third-order valence-electron chi connectivity index (χ3n) is 5.75. The molecule has 0 radical (unpaired) electrons. The van der Waals surface area contributed by atoms with Gasteiger partial charge in [0.05, 0.1) is 20.1 Å². The highest BCUT2D eigenvalue weighted by Crippen LogP contribution is 2.26. The number of amides is 1. The molecule has 33 heavy (non-hydrogen) atoms. The second-order valence-corrected chi connectivity index (χ2v) is 11.7. The molecule has 1 aliphatic rings. The summed E-state index contributed by atoms with van der Waals surface area (Å²) in [5.41, 5.74) is 3.16. The first-order valence-corrected chi connectivity index (χ1v) is 13.5. The average Bonchev–Trinajstić information content (AvgIpc) is 3.17. The molecule has 2 aromatic carbocycles. The van der Waals surface area contributed by atoms with E-state index in [1.165, 1.54) is 16.9 Å². The molecule has 0 bridgehead atoms. The van der Waals surface area contributed by atoms with Gasteiger partial charge in [-0.1, -0.05) is 50.3 Å². The van der Waals surface area contributed by atoms with Gasteiger partial charge in [-0.25, -0.2) is 13.4 Å². The maximum atomic E-state index is 13.4. The van der Waals surface area contributed by atoms with Crippen molar-refractivity contribution in [3.8, 4) is 0 Å². The van der Waals surface area contributed by atoms with Crippen LogP contribution in [0.5, 0.6) is 0 Å². The fraction of sp³-hybridized carbons (Fsp3) is 0.360. The minimum Gasteiger partial charge on any atom is -0.337 e. The molecule has 174 valence electrons. The van der Waals surface area contributed by atoms with Crippen molar-refractivity contribution < 1.29 is 13.2 Å². The van der Waals surface area contributed by atoms with Crippen molar-refractivity contribution in [2.24, 2.45) is 5.92 Å². The predicted octanol–water partition coefficient (Wildman–Crippen LogP) is 4.61. The summed E-state index contributed by atoms with van der Waals surface area (Å²) in [6, 6.07) is 14.2. The van der Waals surface area contributed by atoms with Gasteiger partial charge in [0.15, 0.2) is 0 Å². The summed E-state index contributed by atoms with van der Waals surface area (Å²) < 4.78 is 29.9. The van der Waals surface area contributed by atoms with Gasteiger partial charge in [-0.3, -0.25) is 4.79 Å². The average molecular weight is 484 g/mol. The van der Waals surface area contributed by atoms with Gasteiger partial charge in [-0.05, 0) is 55.0 Å². The Kier molecular flexibility index (Phi) is 6.97. The van der Waals surface area contributed by atoms with Crippen molar-refractivity contribution in [1.29, 1.82) is 0 Å². The lowest BCUT2D eigenvalue weighted by Crippen LogP contribution is -2.50. The van der Waals surface area contributed by atoms with E-state index < -0.39 is 16.1 Å². The Balaban J connectivity index is 1.52. The SMILES string of the molecule is Cc1nc2ccc(S(=O)(=O)N[C@H](CC(C)C)C(=O)N3CC=C(c4ccccc4)CC3)cc2s1. The Bertz CT molecular complexity index is 1280. The molecule has 0 spiro atoms. The van der Waals surface area contributed by atoms with Crippen LogP contribution >= 0.6 is 11.3 Å². The third-order valence-corrected chi connectivity index (χ3v) is 8.15. The number of thiazole rings is 1. The number of fused-ring (bicyclic) bond motifs is 1. The van der Waals surface area contributed by atoms with Gasteiger partial charge in [-0.2, -0.15) is 4.72 Å². The maximum absolute atomic E-state index is 13.4. The van der Waals surface area contributed by atoms with Crippen LogP contribution in [-0.4, -0.2) is 43.3 Å². The van der Waals surface area contributed by atoms with Crippen LogP contribution in [0.15, 0.2) is 59.5 Å². The molecule has 1 aliphatic heterocycles. The number of carbonyl (C=O) groups is 1. The van der Waals surface area contributed by atoms with E-state index in [-0.39, 0.29) is 16.7 Å². The molecule has 3 aromatic rings. The third kappa shape index (κ3) is 5.51. The number of benzene rings is 2. The van der Waals surface area contributed by atoms with Crippen LogP contribution in [0.2, 0.25) is 0 Å². The molecule has 1 aromatic heterocycles. The lowest BCUT2D eigenvalue weighted by molar-refractivity contribution is -0.133. The van der Waals surface area contributed by atoms with Crippen LogP contribution in [0.25, 0.3) is 15.8 Å². The summed E-state index contributed by atoms with van der Waals surface area (Å²) in [7, 11) is -3.86. The zero-order valence-corrected chi connectivity index (χ0v) is 20.7. The first-order chi connectivity index (χ1) is 15.7. The lowest BCUT2D eigenvalue weighted by atomic mass is 9.98. The van der Waals surface area contributed by atoms with E-state index in [9.17, 15) is 13.2 Å². The molecule has 4 rings (SSSR count). The van der Waals surface area contributed by atoms with E-state index in [1.807, 2.05) is 39.0 Å². The van der Waals surface area contributed by atoms with Gasteiger partial charge >= 0.3 is 0 Å². The molecule has 0 unspecified atom stereocenters. The van der Waals surface area contributed by atoms with E-state index in [0.717, 1.165) is 27.2 Å². The van der Waals surface area contributed by atoms with E-state index in [1.54, 1.807) is 23.1 Å². The number of aryl methyl sites for hydroxylation is 1. The van der Waals surface area contributed by atoms with Crippen LogP contribution in [0.3, 0.4) is 0 Å². The van der Waals surface area contributed by atoms with Crippen molar-refractivity contribution >= 4 is 43.1 Å². The van der Waals surface area contributed by atoms with Crippen LogP contribution in [0.1, 0.15) is 37.3 Å². The molecular weight excluding hydrogens is 454 g/mol. The number of hydrogen-bond donors (Lipinski definition) is 1. The number of aromatic nitrogens is 1. The van der Waals surface area contributed by atoms with Crippen LogP contribution in [0.4, 0.5) is 0 Å². The first kappa shape index (κ1) is 23.6. The Morgan fingerprint density at radius 1 is 1.18 bits per heavy atom. The molecule has 2 heterocycles. The molecule has 0 fully saturated rings. The minimum atomic E-state index is -3.86. The molecule has 0 aliphatic carbocycles. The second kappa shape index (κ2) is 9.75. The lowest BCUT2D eigenvalue weighted by Gasteiger charge is -2.31. The van der Waals surface area contributed by atoms with Crippen LogP contribution in [-0.2, 0) is 14.8 Å². The molecule has 8 heteroatoms. The zero-order chi connectivity index (χ0) is 23.6. The summed E-state index contributed by atoms with van der Waals surface area (Å²) in [6.07, 6.45) is 3.25. The second-order valence-electron chi connectivity index (χ2n) is 8.80. The number of nitrogens with zero attached hydrogens (tertiary/aromatic N) is 2. The summed E-state index contributed by atoms with van der Waals surface area (Å²) in [5.74, 6) is -0.0150. The van der Waals surface area contributed by atoms with Gasteiger partial charge < -0.3 is 4.90 Å². The first-order valence-electron chi connectivity index (χ1n) is 11.2. The molecule has 1 atom stereocenters. The van der Waals surface area contributed by atoms with Gasteiger partial charge in [0, 0.05) is 13.1 Å². The Morgan fingerprint density at radius 2 is 1.94 bits per heavy atom. The molecule has 0 saturated carbocycles. The number of rotatable bonds is 7.